The van der Waals surface area contributed by atoms with Crippen molar-refractivity contribution in [2.45, 2.75) is 25.8 Å². The molecular formula is C26H24N2O2. The number of nitrogens with zero attached hydrogens (tertiary/aromatic N) is 1. The van der Waals surface area contributed by atoms with Crippen molar-refractivity contribution < 1.29 is 9.90 Å². The highest BCUT2D eigenvalue weighted by atomic mass is 16.3. The first kappa shape index (κ1) is 18.5. The van der Waals surface area contributed by atoms with Gasteiger partial charge in [-0.05, 0) is 54.3 Å². The third kappa shape index (κ3) is 3.24. The molecule has 1 amide bonds. The molecule has 150 valence electrons. The van der Waals surface area contributed by atoms with Gasteiger partial charge in [0.25, 0.3) is 0 Å². The molecule has 5 rings (SSSR count). The summed E-state index contributed by atoms with van der Waals surface area (Å²) in [5, 5.41) is 11.3. The lowest BCUT2D eigenvalue weighted by Crippen LogP contribution is -2.41. The van der Waals surface area contributed by atoms with E-state index in [2.05, 4.69) is 30.1 Å². The molecule has 0 saturated heterocycles. The zero-order valence-corrected chi connectivity index (χ0v) is 16.9. The second kappa shape index (κ2) is 7.38. The molecule has 1 aromatic heterocycles. The van der Waals surface area contributed by atoms with Gasteiger partial charge in [-0.3, -0.25) is 4.79 Å². The van der Waals surface area contributed by atoms with Gasteiger partial charge in [0, 0.05) is 23.1 Å². The van der Waals surface area contributed by atoms with E-state index in [-0.39, 0.29) is 17.7 Å². The van der Waals surface area contributed by atoms with Gasteiger partial charge in [0.1, 0.15) is 5.75 Å². The van der Waals surface area contributed by atoms with Crippen molar-refractivity contribution in [1.29, 1.82) is 0 Å². The lowest BCUT2D eigenvalue weighted by atomic mass is 9.91. The largest absolute Gasteiger partial charge is 0.508 e. The maximum absolute atomic E-state index is 13.4. The average Bonchev–Trinajstić information content (AvgIpc) is 3.11. The number of nitrogens with one attached hydrogen (secondary N) is 1. The fraction of sp³-hybridized carbons (Fsp3) is 0.192. The molecule has 0 saturated carbocycles. The lowest BCUT2D eigenvalue weighted by Gasteiger charge is -2.36. The monoisotopic (exact) mass is 396 g/mol. The van der Waals surface area contributed by atoms with E-state index >= 15 is 0 Å². The number of hydrogen-bond donors (Lipinski definition) is 2. The first-order valence-electron chi connectivity index (χ1n) is 10.3. The number of rotatable bonds is 3. The highest BCUT2D eigenvalue weighted by Crippen LogP contribution is 2.39. The molecule has 0 aliphatic carbocycles. The number of benzene rings is 3. The fourth-order valence-electron chi connectivity index (χ4n) is 4.58. The van der Waals surface area contributed by atoms with E-state index in [1.807, 2.05) is 47.4 Å². The predicted molar refractivity (Wildman–Crippen MR) is 119 cm³/mol. The Labute approximate surface area is 175 Å². The number of aryl methyl sites for hydroxylation is 1. The molecule has 2 heterocycles. The molecule has 4 nitrogen and oxygen atoms in total. The Hall–Kier alpha value is -3.53. The molecule has 0 spiro atoms. The second-order valence-corrected chi connectivity index (χ2v) is 8.06. The number of phenolic OH excluding ortho intramolecular Hbond substituents is 1. The third-order valence-corrected chi connectivity index (χ3v) is 5.99. The van der Waals surface area contributed by atoms with Gasteiger partial charge in [0.2, 0.25) is 5.91 Å². The lowest BCUT2D eigenvalue weighted by molar-refractivity contribution is -0.132. The number of aromatic nitrogens is 1. The van der Waals surface area contributed by atoms with E-state index in [1.54, 1.807) is 12.1 Å². The van der Waals surface area contributed by atoms with Crippen molar-refractivity contribution in [3.63, 3.8) is 0 Å². The highest BCUT2D eigenvalue weighted by molar-refractivity contribution is 5.87. The minimum absolute atomic E-state index is 0.0926. The summed E-state index contributed by atoms with van der Waals surface area (Å²) in [7, 11) is 0. The van der Waals surface area contributed by atoms with Crippen molar-refractivity contribution in [3.8, 4) is 5.75 Å². The van der Waals surface area contributed by atoms with Crippen LogP contribution >= 0.6 is 0 Å². The van der Waals surface area contributed by atoms with Crippen LogP contribution in [0, 0.1) is 6.92 Å². The average molecular weight is 396 g/mol. The smallest absolute Gasteiger partial charge is 0.227 e. The van der Waals surface area contributed by atoms with Crippen LogP contribution in [0.5, 0.6) is 5.75 Å². The van der Waals surface area contributed by atoms with Gasteiger partial charge in [-0.1, -0.05) is 54.1 Å². The number of hydrogen-bond acceptors (Lipinski definition) is 2. The summed E-state index contributed by atoms with van der Waals surface area (Å²) in [6.07, 6.45) is 1.18. The third-order valence-electron chi connectivity index (χ3n) is 5.99. The Morgan fingerprint density at radius 3 is 2.70 bits per heavy atom. The molecule has 1 aliphatic heterocycles. The molecular weight excluding hydrogens is 372 g/mol. The summed E-state index contributed by atoms with van der Waals surface area (Å²) < 4.78 is 0. The van der Waals surface area contributed by atoms with Crippen LogP contribution in [0.3, 0.4) is 0 Å². The number of phenols is 1. The van der Waals surface area contributed by atoms with E-state index in [4.69, 9.17) is 0 Å². The van der Waals surface area contributed by atoms with E-state index < -0.39 is 0 Å². The molecule has 0 bridgehead atoms. The Kier molecular flexibility index (Phi) is 4.55. The van der Waals surface area contributed by atoms with Gasteiger partial charge in [-0.2, -0.15) is 0 Å². The number of aromatic hydroxyl groups is 1. The van der Waals surface area contributed by atoms with Gasteiger partial charge in [0.15, 0.2) is 0 Å². The Balaban J connectivity index is 1.61. The number of H-pyrrole nitrogens is 1. The zero-order chi connectivity index (χ0) is 20.7. The number of fused-ring (bicyclic) bond motifs is 3. The maximum Gasteiger partial charge on any atom is 0.227 e. The van der Waals surface area contributed by atoms with Crippen LogP contribution in [0.1, 0.15) is 34.0 Å². The molecule has 3 aromatic carbocycles. The number of amides is 1. The second-order valence-electron chi connectivity index (χ2n) is 8.06. The van der Waals surface area contributed by atoms with Crippen molar-refractivity contribution in [3.05, 3.63) is 101 Å². The predicted octanol–water partition coefficient (Wildman–Crippen LogP) is 4.90. The topological polar surface area (TPSA) is 56.3 Å². The Morgan fingerprint density at radius 1 is 1.07 bits per heavy atom. The summed E-state index contributed by atoms with van der Waals surface area (Å²) in [6, 6.07) is 23.3. The van der Waals surface area contributed by atoms with Crippen LogP contribution in [0.15, 0.2) is 72.8 Å². The van der Waals surface area contributed by atoms with Crippen molar-refractivity contribution in [2.75, 3.05) is 6.54 Å². The first-order chi connectivity index (χ1) is 14.6. The fourth-order valence-corrected chi connectivity index (χ4v) is 4.58. The highest BCUT2D eigenvalue weighted by Gasteiger charge is 2.34. The van der Waals surface area contributed by atoms with Gasteiger partial charge >= 0.3 is 0 Å². The SMILES string of the molecule is Cc1ccc2[nH]c3c(c2c1)CCN(C(=O)Cc1ccccc1)C3c1cccc(O)c1. The normalized spacial score (nSPS) is 15.9. The summed E-state index contributed by atoms with van der Waals surface area (Å²) in [4.78, 5) is 18.9. The maximum atomic E-state index is 13.4. The van der Waals surface area contributed by atoms with Gasteiger partial charge in [-0.25, -0.2) is 0 Å². The summed E-state index contributed by atoms with van der Waals surface area (Å²) >= 11 is 0. The molecule has 30 heavy (non-hydrogen) atoms. The Bertz CT molecular complexity index is 1230. The molecule has 1 aliphatic rings. The minimum Gasteiger partial charge on any atom is -0.508 e. The van der Waals surface area contributed by atoms with Crippen LogP contribution in [-0.4, -0.2) is 27.4 Å². The standard InChI is InChI=1S/C26H24N2O2/c1-17-10-11-23-22(14-17)21-12-13-28(24(30)15-18-6-3-2-4-7-18)26(25(21)27-23)19-8-5-9-20(29)16-19/h2-11,14,16,26-27,29H,12-13,15H2,1H3. The molecule has 4 heteroatoms. The molecule has 0 fully saturated rings. The number of carbonyl (C=O) groups excluding carboxylic acids is 1. The Morgan fingerprint density at radius 2 is 1.90 bits per heavy atom. The van der Waals surface area contributed by atoms with Crippen molar-refractivity contribution in [1.82, 2.24) is 9.88 Å². The number of aromatic amines is 1. The van der Waals surface area contributed by atoms with E-state index in [0.717, 1.165) is 28.8 Å². The van der Waals surface area contributed by atoms with Crippen LogP contribution in [0.2, 0.25) is 0 Å². The summed E-state index contributed by atoms with van der Waals surface area (Å²) in [5.41, 5.74) is 6.56. The van der Waals surface area contributed by atoms with Crippen molar-refractivity contribution in [2.24, 2.45) is 0 Å². The first-order valence-corrected chi connectivity index (χ1v) is 10.3. The molecule has 2 N–H and O–H groups in total. The molecule has 4 aromatic rings. The van der Waals surface area contributed by atoms with Crippen molar-refractivity contribution >= 4 is 16.8 Å². The van der Waals surface area contributed by atoms with Gasteiger partial charge in [0.05, 0.1) is 12.5 Å². The van der Waals surface area contributed by atoms with Gasteiger partial charge in [-0.15, -0.1) is 0 Å². The van der Waals surface area contributed by atoms with Crippen LogP contribution in [0.4, 0.5) is 0 Å². The molecule has 1 atom stereocenters. The van der Waals surface area contributed by atoms with E-state index in [9.17, 15) is 9.90 Å². The zero-order valence-electron chi connectivity index (χ0n) is 16.9. The number of carbonyl (C=O) groups is 1. The van der Waals surface area contributed by atoms with E-state index in [1.165, 1.54) is 16.5 Å². The molecule has 1 unspecified atom stereocenters. The summed E-state index contributed by atoms with van der Waals surface area (Å²) in [6.45, 7) is 2.75. The van der Waals surface area contributed by atoms with Crippen LogP contribution < -0.4 is 0 Å². The molecule has 0 radical (unpaired) electrons. The quantitative estimate of drug-likeness (QED) is 0.518. The van der Waals surface area contributed by atoms with Crippen LogP contribution in [-0.2, 0) is 17.6 Å². The van der Waals surface area contributed by atoms with E-state index in [0.29, 0.717) is 13.0 Å². The van der Waals surface area contributed by atoms with Crippen LogP contribution in [0.25, 0.3) is 10.9 Å². The van der Waals surface area contributed by atoms with Gasteiger partial charge < -0.3 is 15.0 Å². The minimum atomic E-state index is -0.246. The summed E-state index contributed by atoms with van der Waals surface area (Å²) in [5.74, 6) is 0.303.